The topological polar surface area (TPSA) is 19.1 Å². The van der Waals surface area contributed by atoms with Crippen LogP contribution in [0.15, 0.2) is 164 Å². The fourth-order valence-corrected chi connectivity index (χ4v) is 7.66. The summed E-state index contributed by atoms with van der Waals surface area (Å²) >= 11 is 0. The van der Waals surface area contributed by atoms with Gasteiger partial charge in [-0.3, -0.25) is 0 Å². The van der Waals surface area contributed by atoms with Gasteiger partial charge in [0.1, 0.15) is 11.5 Å². The van der Waals surface area contributed by atoms with E-state index in [0.29, 0.717) is 0 Å². The molecular weight excluding hydrogens is 559 g/mol. The zero-order valence-electron chi connectivity index (χ0n) is 25.0. The molecule has 3 nitrogen and oxygen atoms in total. The van der Waals surface area contributed by atoms with Gasteiger partial charge in [0.15, 0.2) is 0 Å². The van der Waals surface area contributed by atoms with Gasteiger partial charge in [0, 0.05) is 39.0 Å². The van der Waals surface area contributed by atoms with Crippen molar-refractivity contribution in [2.75, 3.05) is 0 Å². The Morgan fingerprint density at radius 2 is 0.935 bits per heavy atom. The van der Waals surface area contributed by atoms with Crippen LogP contribution in [0.5, 0.6) is 11.5 Å². The summed E-state index contributed by atoms with van der Waals surface area (Å²) in [5, 5.41) is 4.99. The lowest BCUT2D eigenvalue weighted by molar-refractivity contribution is 0.487. The summed E-state index contributed by atoms with van der Waals surface area (Å²) in [6.07, 6.45) is 0. The quantitative estimate of drug-likeness (QED) is 0.190. The molecule has 0 saturated heterocycles. The zero-order valence-corrected chi connectivity index (χ0v) is 25.0. The monoisotopic (exact) mass is 586 g/mol. The predicted molar refractivity (Wildman–Crippen MR) is 193 cm³/mol. The van der Waals surface area contributed by atoms with Crippen molar-refractivity contribution < 1.29 is 4.74 Å². The third-order valence-corrected chi connectivity index (χ3v) is 9.63. The molecule has 0 N–H and O–H groups in total. The van der Waals surface area contributed by atoms with Crippen molar-refractivity contribution in [1.29, 1.82) is 0 Å². The van der Waals surface area contributed by atoms with Crippen LogP contribution in [-0.2, 0) is 0 Å². The number of rotatable bonds is 3. The minimum atomic E-state index is 0.106. The molecule has 0 fully saturated rings. The average molecular weight is 587 g/mol. The highest BCUT2D eigenvalue weighted by Gasteiger charge is 2.32. The Balaban J connectivity index is 1.25. The van der Waals surface area contributed by atoms with E-state index in [1.54, 1.807) is 0 Å². The summed E-state index contributed by atoms with van der Waals surface area (Å²) in [5.41, 5.74) is 10.6. The Hall–Kier alpha value is -6.00. The minimum absolute atomic E-state index is 0.106. The lowest BCUT2D eigenvalue weighted by Gasteiger charge is -2.27. The van der Waals surface area contributed by atoms with Gasteiger partial charge in [-0.1, -0.05) is 115 Å². The summed E-state index contributed by atoms with van der Waals surface area (Å²) in [5.74, 6) is 1.81. The van der Waals surface area contributed by atoms with Gasteiger partial charge in [0.25, 0.3) is 6.71 Å². The van der Waals surface area contributed by atoms with Gasteiger partial charge >= 0.3 is 0 Å². The van der Waals surface area contributed by atoms with Gasteiger partial charge < -0.3 is 13.9 Å². The van der Waals surface area contributed by atoms with Crippen LogP contribution < -0.4 is 21.1 Å². The third-order valence-electron chi connectivity index (χ3n) is 9.63. The van der Waals surface area contributed by atoms with E-state index in [0.717, 1.165) is 22.9 Å². The van der Waals surface area contributed by atoms with E-state index >= 15 is 0 Å². The number of aromatic nitrogens is 2. The van der Waals surface area contributed by atoms with Gasteiger partial charge in [-0.2, -0.15) is 0 Å². The Bertz CT molecular complexity index is 2620. The maximum atomic E-state index is 6.66. The van der Waals surface area contributed by atoms with Crippen LogP contribution in [0, 0.1) is 0 Å². The lowest BCUT2D eigenvalue weighted by atomic mass is 9.36. The van der Waals surface area contributed by atoms with Gasteiger partial charge in [-0.15, -0.1) is 0 Å². The molecule has 4 heteroatoms. The molecule has 214 valence electrons. The van der Waals surface area contributed by atoms with Crippen LogP contribution in [0.3, 0.4) is 0 Å². The average Bonchev–Trinajstić information content (AvgIpc) is 3.62. The number of benzene rings is 7. The lowest BCUT2D eigenvalue weighted by Crippen LogP contribution is -2.54. The third kappa shape index (κ3) is 3.61. The van der Waals surface area contributed by atoms with Crippen molar-refractivity contribution in [3.05, 3.63) is 164 Å². The standard InChI is InChI=1S/C42H27BN2O/c1-3-13-28(14-4-1)43-35-19-9-12-22-41(35)46-42-25-30(23-24-36(42)43)45-38-21-11-8-18-32(38)34-26-33-31-17-7-10-20-37(31)44(39(33)27-40(34)45)29-15-5-2-6-16-29/h1-27H. The number of hydrogen-bond donors (Lipinski definition) is 0. The second-order valence-electron chi connectivity index (χ2n) is 12.1. The largest absolute Gasteiger partial charge is 0.458 e. The molecule has 0 aliphatic carbocycles. The van der Waals surface area contributed by atoms with E-state index < -0.39 is 0 Å². The summed E-state index contributed by atoms with van der Waals surface area (Å²) in [6, 6.07) is 58.8. The highest BCUT2D eigenvalue weighted by molar-refractivity contribution is 6.96. The normalized spacial score (nSPS) is 12.5. The van der Waals surface area contributed by atoms with Crippen LogP contribution in [0.2, 0.25) is 0 Å². The van der Waals surface area contributed by atoms with Gasteiger partial charge in [0.2, 0.25) is 0 Å². The second kappa shape index (κ2) is 9.75. The van der Waals surface area contributed by atoms with E-state index in [9.17, 15) is 0 Å². The van der Waals surface area contributed by atoms with Crippen molar-refractivity contribution in [1.82, 2.24) is 9.13 Å². The fourth-order valence-electron chi connectivity index (χ4n) is 7.66. The molecule has 7 aromatic carbocycles. The number of nitrogens with zero attached hydrogens (tertiary/aromatic N) is 2. The van der Waals surface area contributed by atoms with Gasteiger partial charge in [-0.25, -0.2) is 0 Å². The van der Waals surface area contributed by atoms with Crippen molar-refractivity contribution in [3.63, 3.8) is 0 Å². The molecule has 2 aromatic heterocycles. The number of fused-ring (bicyclic) bond motifs is 8. The molecule has 9 aromatic rings. The van der Waals surface area contributed by atoms with Crippen molar-refractivity contribution in [3.8, 4) is 22.9 Å². The van der Waals surface area contributed by atoms with Crippen LogP contribution >= 0.6 is 0 Å². The van der Waals surface area contributed by atoms with Crippen LogP contribution in [-0.4, -0.2) is 15.8 Å². The smallest absolute Gasteiger partial charge is 0.250 e. The Kier molecular flexibility index (Phi) is 5.37. The summed E-state index contributed by atoms with van der Waals surface area (Å²) in [7, 11) is 0. The van der Waals surface area contributed by atoms with Crippen LogP contribution in [0.25, 0.3) is 55.0 Å². The van der Waals surface area contributed by atoms with Crippen molar-refractivity contribution in [2.24, 2.45) is 0 Å². The highest BCUT2D eigenvalue weighted by Crippen LogP contribution is 2.40. The number of para-hydroxylation sites is 4. The minimum Gasteiger partial charge on any atom is -0.458 e. The summed E-state index contributed by atoms with van der Waals surface area (Å²) in [4.78, 5) is 0. The van der Waals surface area contributed by atoms with E-state index in [-0.39, 0.29) is 6.71 Å². The molecule has 0 amide bonds. The van der Waals surface area contributed by atoms with Gasteiger partial charge in [0.05, 0.1) is 22.1 Å². The molecule has 1 aliphatic heterocycles. The van der Waals surface area contributed by atoms with Gasteiger partial charge in [-0.05, 0) is 59.5 Å². The predicted octanol–water partition coefficient (Wildman–Crippen LogP) is 8.50. The van der Waals surface area contributed by atoms with E-state index in [4.69, 9.17) is 4.74 Å². The Labute approximate surface area is 266 Å². The Morgan fingerprint density at radius 3 is 1.65 bits per heavy atom. The first-order valence-corrected chi connectivity index (χ1v) is 15.8. The van der Waals surface area contributed by atoms with E-state index in [1.165, 1.54) is 60.0 Å². The highest BCUT2D eigenvalue weighted by atomic mass is 16.5. The molecule has 1 aliphatic rings. The number of ether oxygens (including phenoxy) is 1. The molecule has 0 atom stereocenters. The molecule has 3 heterocycles. The molecule has 0 radical (unpaired) electrons. The maximum absolute atomic E-state index is 6.66. The fraction of sp³-hybridized carbons (Fsp3) is 0. The molecule has 0 saturated carbocycles. The summed E-state index contributed by atoms with van der Waals surface area (Å²) in [6.45, 7) is 0.106. The Morgan fingerprint density at radius 1 is 0.370 bits per heavy atom. The molecule has 10 rings (SSSR count). The number of hydrogen-bond acceptors (Lipinski definition) is 1. The second-order valence-corrected chi connectivity index (χ2v) is 12.1. The zero-order chi connectivity index (χ0) is 30.2. The van der Waals surface area contributed by atoms with Crippen molar-refractivity contribution >= 4 is 66.7 Å². The van der Waals surface area contributed by atoms with E-state index in [1.807, 2.05) is 0 Å². The van der Waals surface area contributed by atoms with Crippen molar-refractivity contribution in [2.45, 2.75) is 0 Å². The van der Waals surface area contributed by atoms with Crippen LogP contribution in [0.1, 0.15) is 0 Å². The maximum Gasteiger partial charge on any atom is 0.250 e. The SMILES string of the molecule is c1ccc(B2c3ccccc3Oc3cc(-n4c5ccccc5c5cc6c7ccccc7n(-c7ccccc7)c6cc54)ccc32)cc1. The summed E-state index contributed by atoms with van der Waals surface area (Å²) < 4.78 is 11.5. The van der Waals surface area contributed by atoms with Crippen LogP contribution in [0.4, 0.5) is 0 Å². The first-order chi connectivity index (χ1) is 22.8. The molecule has 0 bridgehead atoms. The van der Waals surface area contributed by atoms with E-state index in [2.05, 4.69) is 173 Å². The first kappa shape index (κ1) is 25.3. The molecular formula is C42H27BN2O. The molecule has 0 spiro atoms. The molecule has 0 unspecified atom stereocenters. The molecule has 46 heavy (non-hydrogen) atoms. The first-order valence-electron chi connectivity index (χ1n) is 15.8.